The lowest BCUT2D eigenvalue weighted by molar-refractivity contribution is 0.306. The van der Waals surface area contributed by atoms with E-state index in [1.54, 1.807) is 0 Å². The predicted molar refractivity (Wildman–Crippen MR) is 83.9 cm³/mol. The van der Waals surface area contributed by atoms with Crippen molar-refractivity contribution in [1.82, 2.24) is 5.32 Å². The molecular formula is C18H25NO. The molecule has 0 spiro atoms. The van der Waals surface area contributed by atoms with Crippen molar-refractivity contribution in [2.24, 2.45) is 5.92 Å². The summed E-state index contributed by atoms with van der Waals surface area (Å²) in [7, 11) is 0. The Bertz CT molecular complexity index is 564. The van der Waals surface area contributed by atoms with Crippen LogP contribution in [0.4, 0.5) is 0 Å². The molecule has 20 heavy (non-hydrogen) atoms. The molecule has 1 N–H and O–H groups in total. The zero-order valence-electron chi connectivity index (χ0n) is 12.6. The summed E-state index contributed by atoms with van der Waals surface area (Å²) in [5.74, 6) is 2.05. The highest BCUT2D eigenvalue weighted by atomic mass is 16.3. The standard InChI is InChI=1S/C18H25NO/c1-3-17-16(15-6-4-5-7-18(15)20-17)12-19-14-10-8-13(2)9-11-14/h4-7,13-14,19H,3,8-12H2,1-2H3. The van der Waals surface area contributed by atoms with Gasteiger partial charge in [0.15, 0.2) is 0 Å². The Kier molecular flexibility index (Phi) is 4.11. The summed E-state index contributed by atoms with van der Waals surface area (Å²) in [6.07, 6.45) is 6.33. The first-order valence-electron chi connectivity index (χ1n) is 8.00. The van der Waals surface area contributed by atoms with Crippen LogP contribution in [-0.2, 0) is 13.0 Å². The van der Waals surface area contributed by atoms with E-state index in [4.69, 9.17) is 4.42 Å². The summed E-state index contributed by atoms with van der Waals surface area (Å²) in [6.45, 7) is 5.48. The van der Waals surface area contributed by atoms with Crippen LogP contribution >= 0.6 is 0 Å². The molecule has 0 bridgehead atoms. The fraction of sp³-hybridized carbons (Fsp3) is 0.556. The minimum atomic E-state index is 0.685. The zero-order valence-corrected chi connectivity index (χ0v) is 12.6. The van der Waals surface area contributed by atoms with E-state index in [2.05, 4.69) is 37.4 Å². The molecule has 0 unspecified atom stereocenters. The predicted octanol–water partition coefficient (Wildman–Crippen LogP) is 4.66. The minimum absolute atomic E-state index is 0.685. The SMILES string of the molecule is CCc1oc2ccccc2c1CNC1CCC(C)CC1. The maximum atomic E-state index is 5.97. The van der Waals surface area contributed by atoms with Crippen molar-refractivity contribution in [1.29, 1.82) is 0 Å². The maximum absolute atomic E-state index is 5.97. The van der Waals surface area contributed by atoms with E-state index in [1.807, 2.05) is 6.07 Å². The molecule has 1 aliphatic rings. The van der Waals surface area contributed by atoms with Crippen LogP contribution in [0.25, 0.3) is 11.0 Å². The minimum Gasteiger partial charge on any atom is -0.461 e. The van der Waals surface area contributed by atoms with Crippen molar-refractivity contribution in [3.63, 3.8) is 0 Å². The number of nitrogens with one attached hydrogen (secondary N) is 1. The van der Waals surface area contributed by atoms with Gasteiger partial charge in [0.2, 0.25) is 0 Å². The molecular weight excluding hydrogens is 246 g/mol. The number of benzene rings is 1. The third-order valence-electron chi connectivity index (χ3n) is 4.69. The van der Waals surface area contributed by atoms with Crippen LogP contribution < -0.4 is 5.32 Å². The summed E-state index contributed by atoms with van der Waals surface area (Å²) in [6, 6.07) is 9.08. The quantitative estimate of drug-likeness (QED) is 0.874. The van der Waals surface area contributed by atoms with Crippen LogP contribution in [0, 0.1) is 5.92 Å². The topological polar surface area (TPSA) is 25.2 Å². The van der Waals surface area contributed by atoms with E-state index in [9.17, 15) is 0 Å². The second-order valence-electron chi connectivity index (χ2n) is 6.19. The number of para-hydroxylation sites is 1. The molecule has 1 aromatic heterocycles. The highest BCUT2D eigenvalue weighted by Crippen LogP contribution is 2.28. The number of hydrogen-bond acceptors (Lipinski definition) is 2. The first kappa shape index (κ1) is 13.7. The van der Waals surface area contributed by atoms with Gasteiger partial charge in [0.1, 0.15) is 11.3 Å². The van der Waals surface area contributed by atoms with Crippen molar-refractivity contribution >= 4 is 11.0 Å². The summed E-state index contributed by atoms with van der Waals surface area (Å²) in [4.78, 5) is 0. The molecule has 108 valence electrons. The highest BCUT2D eigenvalue weighted by molar-refractivity contribution is 5.82. The monoisotopic (exact) mass is 271 g/mol. The molecule has 1 heterocycles. The van der Waals surface area contributed by atoms with Gasteiger partial charge in [-0.1, -0.05) is 32.0 Å². The number of rotatable bonds is 4. The van der Waals surface area contributed by atoms with Gasteiger partial charge in [-0.05, 0) is 37.7 Å². The fourth-order valence-electron chi connectivity index (χ4n) is 3.34. The number of aryl methyl sites for hydroxylation is 1. The first-order valence-corrected chi connectivity index (χ1v) is 8.00. The molecule has 1 aromatic carbocycles. The second-order valence-corrected chi connectivity index (χ2v) is 6.19. The van der Waals surface area contributed by atoms with E-state index < -0.39 is 0 Å². The number of fused-ring (bicyclic) bond motifs is 1. The Balaban J connectivity index is 1.73. The van der Waals surface area contributed by atoms with Crippen molar-refractivity contribution in [2.75, 3.05) is 0 Å². The van der Waals surface area contributed by atoms with Crippen LogP contribution in [0.5, 0.6) is 0 Å². The molecule has 1 saturated carbocycles. The number of hydrogen-bond donors (Lipinski definition) is 1. The molecule has 0 saturated heterocycles. The maximum Gasteiger partial charge on any atom is 0.134 e. The molecule has 0 aliphatic heterocycles. The van der Waals surface area contributed by atoms with Gasteiger partial charge < -0.3 is 9.73 Å². The third-order valence-corrected chi connectivity index (χ3v) is 4.69. The average Bonchev–Trinajstić information content (AvgIpc) is 2.84. The van der Waals surface area contributed by atoms with Gasteiger partial charge in [0, 0.05) is 30.0 Å². The van der Waals surface area contributed by atoms with Crippen LogP contribution in [0.2, 0.25) is 0 Å². The molecule has 2 heteroatoms. The lowest BCUT2D eigenvalue weighted by Crippen LogP contribution is -2.32. The molecule has 1 aliphatic carbocycles. The van der Waals surface area contributed by atoms with E-state index in [-0.39, 0.29) is 0 Å². The van der Waals surface area contributed by atoms with Crippen LogP contribution in [0.15, 0.2) is 28.7 Å². The van der Waals surface area contributed by atoms with Crippen molar-refractivity contribution in [2.45, 2.75) is 58.5 Å². The molecule has 0 amide bonds. The van der Waals surface area contributed by atoms with Gasteiger partial charge in [-0.15, -0.1) is 0 Å². The summed E-state index contributed by atoms with van der Waals surface area (Å²) in [5, 5.41) is 5.03. The first-order chi connectivity index (χ1) is 9.78. The summed E-state index contributed by atoms with van der Waals surface area (Å²) >= 11 is 0. The molecule has 0 atom stereocenters. The average molecular weight is 271 g/mol. The molecule has 3 rings (SSSR count). The van der Waals surface area contributed by atoms with E-state index in [0.29, 0.717) is 6.04 Å². The van der Waals surface area contributed by atoms with Crippen LogP contribution in [-0.4, -0.2) is 6.04 Å². The normalized spacial score (nSPS) is 23.3. The van der Waals surface area contributed by atoms with Gasteiger partial charge >= 0.3 is 0 Å². The molecule has 0 radical (unpaired) electrons. The van der Waals surface area contributed by atoms with E-state index >= 15 is 0 Å². The van der Waals surface area contributed by atoms with Gasteiger partial charge in [-0.3, -0.25) is 0 Å². The highest BCUT2D eigenvalue weighted by Gasteiger charge is 2.19. The van der Waals surface area contributed by atoms with Gasteiger partial charge in [-0.25, -0.2) is 0 Å². The van der Waals surface area contributed by atoms with Gasteiger partial charge in [0.05, 0.1) is 0 Å². The van der Waals surface area contributed by atoms with Crippen molar-refractivity contribution in [3.8, 4) is 0 Å². The van der Waals surface area contributed by atoms with Crippen LogP contribution in [0.1, 0.15) is 50.9 Å². The van der Waals surface area contributed by atoms with Gasteiger partial charge in [0.25, 0.3) is 0 Å². The zero-order chi connectivity index (χ0) is 13.9. The largest absolute Gasteiger partial charge is 0.461 e. The second kappa shape index (κ2) is 6.01. The molecule has 1 fully saturated rings. The van der Waals surface area contributed by atoms with E-state index in [1.165, 1.54) is 36.6 Å². The third kappa shape index (κ3) is 2.76. The lowest BCUT2D eigenvalue weighted by Gasteiger charge is -2.27. The molecule has 2 aromatic rings. The number of furan rings is 1. The Labute approximate surface area is 121 Å². The van der Waals surface area contributed by atoms with Crippen molar-refractivity contribution in [3.05, 3.63) is 35.6 Å². The van der Waals surface area contributed by atoms with E-state index in [0.717, 1.165) is 30.2 Å². The van der Waals surface area contributed by atoms with Crippen LogP contribution in [0.3, 0.4) is 0 Å². The smallest absolute Gasteiger partial charge is 0.134 e. The van der Waals surface area contributed by atoms with Gasteiger partial charge in [-0.2, -0.15) is 0 Å². The fourth-order valence-corrected chi connectivity index (χ4v) is 3.34. The Morgan fingerprint density at radius 2 is 1.90 bits per heavy atom. The molecule has 2 nitrogen and oxygen atoms in total. The Morgan fingerprint density at radius 3 is 2.65 bits per heavy atom. The Hall–Kier alpha value is -1.28. The van der Waals surface area contributed by atoms with Crippen molar-refractivity contribution < 1.29 is 4.42 Å². The summed E-state index contributed by atoms with van der Waals surface area (Å²) in [5.41, 5.74) is 2.39. The Morgan fingerprint density at radius 1 is 1.15 bits per heavy atom. The summed E-state index contributed by atoms with van der Waals surface area (Å²) < 4.78 is 5.97. The lowest BCUT2D eigenvalue weighted by atomic mass is 9.87.